The molecule has 2 aromatic heterocycles. The van der Waals surface area contributed by atoms with Gasteiger partial charge in [0.15, 0.2) is 5.11 Å². The van der Waals surface area contributed by atoms with Gasteiger partial charge >= 0.3 is 0 Å². The molecular formula is C22H30N4S. The fourth-order valence-electron chi connectivity index (χ4n) is 4.55. The summed E-state index contributed by atoms with van der Waals surface area (Å²) in [5.74, 6) is 0. The van der Waals surface area contributed by atoms with Gasteiger partial charge in [0.05, 0.1) is 17.8 Å². The number of hydrogen-bond acceptors (Lipinski definition) is 2. The summed E-state index contributed by atoms with van der Waals surface area (Å²) >= 11 is 5.72. The van der Waals surface area contributed by atoms with Crippen molar-refractivity contribution in [2.45, 2.75) is 70.0 Å². The quantitative estimate of drug-likeness (QED) is 0.700. The molecule has 2 aromatic rings. The molecule has 0 spiro atoms. The van der Waals surface area contributed by atoms with Crippen molar-refractivity contribution < 1.29 is 0 Å². The van der Waals surface area contributed by atoms with Crippen LogP contribution in [0.2, 0.25) is 0 Å². The smallest absolute Gasteiger partial charge is 0.170 e. The van der Waals surface area contributed by atoms with Crippen LogP contribution in [0.25, 0.3) is 0 Å². The largest absolute Gasteiger partial charge is 0.352 e. The van der Waals surface area contributed by atoms with Crippen LogP contribution in [-0.2, 0) is 0 Å². The van der Waals surface area contributed by atoms with Gasteiger partial charge in [-0.2, -0.15) is 0 Å². The van der Waals surface area contributed by atoms with E-state index in [1.807, 2.05) is 12.3 Å². The summed E-state index contributed by atoms with van der Waals surface area (Å²) in [6.45, 7) is 3.22. The fraction of sp³-hybridized carbons (Fsp3) is 0.545. The molecule has 27 heavy (non-hydrogen) atoms. The predicted octanol–water partition coefficient (Wildman–Crippen LogP) is 5.16. The minimum atomic E-state index is 0.109. The second-order valence-corrected chi connectivity index (χ2v) is 8.24. The molecule has 0 bridgehead atoms. The molecule has 144 valence electrons. The normalized spacial score (nSPS) is 23.6. The molecule has 1 saturated carbocycles. The summed E-state index contributed by atoms with van der Waals surface area (Å²) in [4.78, 5) is 7.00. The Hall–Kier alpha value is -1.88. The van der Waals surface area contributed by atoms with Gasteiger partial charge in [0, 0.05) is 31.2 Å². The highest BCUT2D eigenvalue weighted by atomic mass is 32.1. The summed E-state index contributed by atoms with van der Waals surface area (Å²) in [6.07, 6.45) is 15.5. The lowest BCUT2D eigenvalue weighted by Crippen LogP contribution is -2.30. The highest BCUT2D eigenvalue weighted by Crippen LogP contribution is 2.39. The molecule has 0 unspecified atom stereocenters. The van der Waals surface area contributed by atoms with Gasteiger partial charge in [-0.3, -0.25) is 4.98 Å². The Morgan fingerprint density at radius 3 is 2.78 bits per heavy atom. The van der Waals surface area contributed by atoms with Crippen LogP contribution in [-0.4, -0.2) is 26.1 Å². The average Bonchev–Trinajstić information content (AvgIpc) is 3.32. The first-order chi connectivity index (χ1) is 13.3. The Morgan fingerprint density at radius 1 is 1.19 bits per heavy atom. The van der Waals surface area contributed by atoms with Crippen molar-refractivity contribution in [2.75, 3.05) is 6.54 Å². The summed E-state index contributed by atoms with van der Waals surface area (Å²) in [5, 5.41) is 4.41. The highest BCUT2D eigenvalue weighted by molar-refractivity contribution is 7.80. The molecule has 3 heterocycles. The lowest BCUT2D eigenvalue weighted by molar-refractivity contribution is 0.310. The lowest BCUT2D eigenvalue weighted by atomic mass is 9.95. The molecule has 1 N–H and O–H groups in total. The van der Waals surface area contributed by atoms with Gasteiger partial charge in [-0.25, -0.2) is 0 Å². The molecule has 1 aliphatic carbocycles. The molecule has 1 aliphatic heterocycles. The van der Waals surface area contributed by atoms with Crippen LogP contribution >= 0.6 is 12.2 Å². The van der Waals surface area contributed by atoms with E-state index < -0.39 is 0 Å². The molecule has 4 nitrogen and oxygen atoms in total. The molecule has 2 aliphatic rings. The Labute approximate surface area is 168 Å². The Bertz CT molecular complexity index is 751. The third-order valence-corrected chi connectivity index (χ3v) is 6.38. The monoisotopic (exact) mass is 382 g/mol. The van der Waals surface area contributed by atoms with Crippen molar-refractivity contribution in [1.29, 1.82) is 0 Å². The van der Waals surface area contributed by atoms with E-state index >= 15 is 0 Å². The van der Waals surface area contributed by atoms with E-state index in [9.17, 15) is 0 Å². The number of rotatable bonds is 6. The predicted molar refractivity (Wildman–Crippen MR) is 114 cm³/mol. The number of hydrogen-bond donors (Lipinski definition) is 1. The van der Waals surface area contributed by atoms with Gasteiger partial charge in [-0.05, 0) is 55.2 Å². The first-order valence-corrected chi connectivity index (χ1v) is 10.8. The van der Waals surface area contributed by atoms with Crippen LogP contribution in [0.5, 0.6) is 0 Å². The van der Waals surface area contributed by atoms with Crippen LogP contribution in [0.1, 0.15) is 81.3 Å². The molecule has 4 rings (SSSR count). The minimum Gasteiger partial charge on any atom is -0.352 e. The van der Waals surface area contributed by atoms with Crippen LogP contribution in [0, 0.1) is 0 Å². The van der Waals surface area contributed by atoms with E-state index in [-0.39, 0.29) is 12.1 Å². The minimum absolute atomic E-state index is 0.109. The van der Waals surface area contributed by atoms with Gasteiger partial charge in [0.1, 0.15) is 0 Å². The maximum absolute atomic E-state index is 5.72. The number of pyridine rings is 1. The Balaban J connectivity index is 1.64. The molecule has 0 radical (unpaired) electrons. The van der Waals surface area contributed by atoms with Crippen molar-refractivity contribution in [2.24, 2.45) is 0 Å². The summed E-state index contributed by atoms with van der Waals surface area (Å²) in [7, 11) is 0. The standard InChI is InChI=1S/C22H30N4S/c1-2-3-14-26-21(20(24-22(26)27)19-11-7-8-13-23-19)17-12-15-25(16-17)18-9-5-4-6-10-18/h7-8,11-13,15-16,18,20-21H,2-6,9-10,14H2,1H3,(H,24,27)/t20-,21-/m1/s1. The third-order valence-electron chi connectivity index (χ3n) is 6.03. The number of nitrogens with zero attached hydrogens (tertiary/aromatic N) is 3. The zero-order valence-corrected chi connectivity index (χ0v) is 17.0. The first kappa shape index (κ1) is 18.5. The van der Waals surface area contributed by atoms with E-state index in [4.69, 9.17) is 12.2 Å². The fourth-order valence-corrected chi connectivity index (χ4v) is 4.88. The van der Waals surface area contributed by atoms with Gasteiger partial charge in [0.2, 0.25) is 0 Å². The molecule has 1 saturated heterocycles. The maximum atomic E-state index is 5.72. The van der Waals surface area contributed by atoms with Crippen molar-refractivity contribution in [3.8, 4) is 0 Å². The summed E-state index contributed by atoms with van der Waals surface area (Å²) < 4.78 is 2.45. The van der Waals surface area contributed by atoms with Crippen LogP contribution < -0.4 is 5.32 Å². The van der Waals surface area contributed by atoms with Crippen molar-refractivity contribution in [3.05, 3.63) is 54.1 Å². The van der Waals surface area contributed by atoms with Crippen LogP contribution in [0.3, 0.4) is 0 Å². The number of aromatic nitrogens is 2. The lowest BCUT2D eigenvalue weighted by Gasteiger charge is -2.27. The number of unbranched alkanes of at least 4 members (excludes halogenated alkanes) is 1. The second-order valence-electron chi connectivity index (χ2n) is 7.86. The maximum Gasteiger partial charge on any atom is 0.170 e. The van der Waals surface area contributed by atoms with Crippen molar-refractivity contribution in [1.82, 2.24) is 19.8 Å². The van der Waals surface area contributed by atoms with Gasteiger partial charge in [-0.1, -0.05) is 38.7 Å². The van der Waals surface area contributed by atoms with E-state index in [0.717, 1.165) is 23.8 Å². The number of nitrogens with one attached hydrogen (secondary N) is 1. The molecule has 0 amide bonds. The SMILES string of the molecule is CCCCN1C(=S)N[C@H](c2ccccn2)[C@H]1c1ccn(C2CCCCC2)c1. The molecule has 2 fully saturated rings. The molecule has 0 aromatic carbocycles. The molecular weight excluding hydrogens is 352 g/mol. The van der Waals surface area contributed by atoms with Crippen LogP contribution in [0.4, 0.5) is 0 Å². The average molecular weight is 383 g/mol. The highest BCUT2D eigenvalue weighted by Gasteiger charge is 2.39. The second kappa shape index (κ2) is 8.42. The first-order valence-electron chi connectivity index (χ1n) is 10.4. The van der Waals surface area contributed by atoms with Crippen LogP contribution in [0.15, 0.2) is 42.9 Å². The van der Waals surface area contributed by atoms with Gasteiger partial charge < -0.3 is 14.8 Å². The van der Waals surface area contributed by atoms with E-state index in [1.165, 1.54) is 44.1 Å². The van der Waals surface area contributed by atoms with Crippen molar-refractivity contribution >= 4 is 17.3 Å². The number of thiocarbonyl (C=S) groups is 1. The van der Waals surface area contributed by atoms with Crippen molar-refractivity contribution in [3.63, 3.8) is 0 Å². The van der Waals surface area contributed by atoms with E-state index in [0.29, 0.717) is 6.04 Å². The molecule has 5 heteroatoms. The van der Waals surface area contributed by atoms with Gasteiger partial charge in [-0.15, -0.1) is 0 Å². The Kier molecular flexibility index (Phi) is 5.77. The zero-order chi connectivity index (χ0) is 18.6. The van der Waals surface area contributed by atoms with Gasteiger partial charge in [0.25, 0.3) is 0 Å². The topological polar surface area (TPSA) is 33.1 Å². The van der Waals surface area contributed by atoms with E-state index in [2.05, 4.69) is 57.3 Å². The summed E-state index contributed by atoms with van der Waals surface area (Å²) in [6, 6.07) is 9.41. The third kappa shape index (κ3) is 3.88. The Morgan fingerprint density at radius 2 is 2.04 bits per heavy atom. The zero-order valence-electron chi connectivity index (χ0n) is 16.2. The van der Waals surface area contributed by atoms with E-state index in [1.54, 1.807) is 0 Å². The summed E-state index contributed by atoms with van der Waals surface area (Å²) in [5.41, 5.74) is 2.41. The molecule has 2 atom stereocenters.